The number of piperidine rings is 1. The van der Waals surface area contributed by atoms with E-state index < -0.39 is 6.09 Å². The zero-order valence-corrected chi connectivity index (χ0v) is 15.0. The van der Waals surface area contributed by atoms with Gasteiger partial charge in [-0.15, -0.1) is 0 Å². The fourth-order valence-electron chi connectivity index (χ4n) is 3.93. The summed E-state index contributed by atoms with van der Waals surface area (Å²) < 4.78 is 0. The summed E-state index contributed by atoms with van der Waals surface area (Å²) in [7, 11) is 0. The SMILES string of the molecule is O=C(CCNC(=O)c1cccc(Cl)c1)NC1C[C@H]2CC[C@@H](C1)N2C(=O)O. The van der Waals surface area contributed by atoms with Crippen LogP contribution < -0.4 is 10.6 Å². The Hall–Kier alpha value is -2.28. The molecule has 3 atom stereocenters. The van der Waals surface area contributed by atoms with Crippen molar-refractivity contribution >= 4 is 29.5 Å². The number of nitrogens with zero attached hydrogens (tertiary/aromatic N) is 1. The zero-order chi connectivity index (χ0) is 18.7. The van der Waals surface area contributed by atoms with Crippen molar-refractivity contribution in [2.24, 2.45) is 0 Å². The lowest BCUT2D eigenvalue weighted by molar-refractivity contribution is -0.122. The van der Waals surface area contributed by atoms with Crippen LogP contribution in [0, 0.1) is 0 Å². The maximum atomic E-state index is 12.1. The molecule has 2 saturated heterocycles. The molecule has 140 valence electrons. The lowest BCUT2D eigenvalue weighted by atomic mass is 9.97. The van der Waals surface area contributed by atoms with E-state index in [1.165, 1.54) is 4.90 Å². The van der Waals surface area contributed by atoms with E-state index in [1.807, 2.05) is 0 Å². The maximum absolute atomic E-state index is 12.1. The second-order valence-corrected chi connectivity index (χ2v) is 7.26. The van der Waals surface area contributed by atoms with Gasteiger partial charge in [0.1, 0.15) is 0 Å². The number of carbonyl (C=O) groups is 3. The van der Waals surface area contributed by atoms with Crippen LogP contribution in [0.5, 0.6) is 0 Å². The molecule has 3 N–H and O–H groups in total. The third-order valence-corrected chi connectivity index (χ3v) is 5.28. The quantitative estimate of drug-likeness (QED) is 0.730. The predicted octanol–water partition coefficient (Wildman–Crippen LogP) is 2.25. The Morgan fingerprint density at radius 3 is 2.50 bits per heavy atom. The molecular weight excluding hydrogens is 358 g/mol. The normalized spacial score (nSPS) is 24.2. The van der Waals surface area contributed by atoms with E-state index in [-0.39, 0.29) is 42.9 Å². The number of carboxylic acid groups (broad SMARTS) is 1. The van der Waals surface area contributed by atoms with E-state index >= 15 is 0 Å². The molecule has 2 fully saturated rings. The molecule has 0 spiro atoms. The number of amides is 3. The van der Waals surface area contributed by atoms with Crippen molar-refractivity contribution in [3.63, 3.8) is 0 Å². The summed E-state index contributed by atoms with van der Waals surface area (Å²) in [4.78, 5) is 36.9. The predicted molar refractivity (Wildman–Crippen MR) is 96.2 cm³/mol. The first-order chi connectivity index (χ1) is 12.4. The van der Waals surface area contributed by atoms with Crippen LogP contribution in [0.2, 0.25) is 5.02 Å². The summed E-state index contributed by atoms with van der Waals surface area (Å²) in [5.74, 6) is -0.405. The molecule has 0 radical (unpaired) electrons. The van der Waals surface area contributed by atoms with Crippen LogP contribution in [0.25, 0.3) is 0 Å². The number of fused-ring (bicyclic) bond motifs is 2. The summed E-state index contributed by atoms with van der Waals surface area (Å²) in [6, 6.07) is 6.62. The van der Waals surface area contributed by atoms with Gasteiger partial charge in [0.2, 0.25) is 5.91 Å². The number of carbonyl (C=O) groups excluding carboxylic acids is 2. The Kier molecular flexibility index (Phi) is 5.66. The van der Waals surface area contributed by atoms with Crippen molar-refractivity contribution < 1.29 is 19.5 Å². The van der Waals surface area contributed by atoms with E-state index in [0.717, 1.165) is 12.8 Å². The van der Waals surface area contributed by atoms with Gasteiger partial charge in [-0.25, -0.2) is 4.79 Å². The summed E-state index contributed by atoms with van der Waals surface area (Å²) in [6.45, 7) is 0.234. The van der Waals surface area contributed by atoms with Crippen molar-refractivity contribution in [3.05, 3.63) is 34.9 Å². The van der Waals surface area contributed by atoms with Gasteiger partial charge in [0.15, 0.2) is 0 Å². The minimum Gasteiger partial charge on any atom is -0.465 e. The molecule has 26 heavy (non-hydrogen) atoms. The second-order valence-electron chi connectivity index (χ2n) is 6.83. The Balaban J connectivity index is 1.41. The molecule has 2 aliphatic heterocycles. The average molecular weight is 380 g/mol. The first-order valence-electron chi connectivity index (χ1n) is 8.78. The molecule has 2 aliphatic rings. The second kappa shape index (κ2) is 7.95. The Morgan fingerprint density at radius 1 is 1.19 bits per heavy atom. The highest BCUT2D eigenvalue weighted by Crippen LogP contribution is 2.35. The largest absolute Gasteiger partial charge is 0.465 e. The fraction of sp³-hybridized carbons (Fsp3) is 0.500. The lowest BCUT2D eigenvalue weighted by Gasteiger charge is -2.37. The van der Waals surface area contributed by atoms with E-state index in [0.29, 0.717) is 23.4 Å². The van der Waals surface area contributed by atoms with Crippen LogP contribution in [0.3, 0.4) is 0 Å². The fourth-order valence-corrected chi connectivity index (χ4v) is 4.12. The number of halogens is 1. The van der Waals surface area contributed by atoms with Crippen molar-refractivity contribution in [1.82, 2.24) is 15.5 Å². The maximum Gasteiger partial charge on any atom is 0.407 e. The smallest absolute Gasteiger partial charge is 0.407 e. The van der Waals surface area contributed by atoms with Crippen LogP contribution in [0.1, 0.15) is 42.5 Å². The van der Waals surface area contributed by atoms with Gasteiger partial charge in [-0.2, -0.15) is 0 Å². The van der Waals surface area contributed by atoms with Crippen molar-refractivity contribution in [1.29, 1.82) is 0 Å². The monoisotopic (exact) mass is 379 g/mol. The number of benzene rings is 1. The van der Waals surface area contributed by atoms with Crippen LogP contribution in [-0.4, -0.2) is 52.6 Å². The highest BCUT2D eigenvalue weighted by atomic mass is 35.5. The van der Waals surface area contributed by atoms with Crippen LogP contribution in [-0.2, 0) is 4.79 Å². The molecule has 7 nitrogen and oxygen atoms in total. The highest BCUT2D eigenvalue weighted by Gasteiger charge is 2.43. The molecule has 3 amide bonds. The third kappa shape index (κ3) is 4.27. The zero-order valence-electron chi connectivity index (χ0n) is 14.3. The van der Waals surface area contributed by atoms with Crippen LogP contribution in [0.4, 0.5) is 4.79 Å². The average Bonchev–Trinajstić information content (AvgIpc) is 2.86. The minimum atomic E-state index is -0.869. The number of nitrogens with one attached hydrogen (secondary N) is 2. The van der Waals surface area contributed by atoms with Crippen molar-refractivity contribution in [2.75, 3.05) is 6.54 Å². The number of rotatable bonds is 5. The summed E-state index contributed by atoms with van der Waals surface area (Å²) >= 11 is 5.86. The molecule has 2 bridgehead atoms. The van der Waals surface area contributed by atoms with Gasteiger partial charge in [-0.1, -0.05) is 17.7 Å². The Bertz CT molecular complexity index is 697. The van der Waals surface area contributed by atoms with Crippen LogP contribution in [0.15, 0.2) is 24.3 Å². The van der Waals surface area contributed by atoms with E-state index in [2.05, 4.69) is 10.6 Å². The summed E-state index contributed by atoms with van der Waals surface area (Å²) in [5, 5.41) is 15.4. The molecule has 0 saturated carbocycles. The molecule has 0 aromatic heterocycles. The third-order valence-electron chi connectivity index (χ3n) is 5.04. The van der Waals surface area contributed by atoms with Gasteiger partial charge < -0.3 is 20.6 Å². The molecule has 1 aromatic rings. The minimum absolute atomic E-state index is 0.000712. The summed E-state index contributed by atoms with van der Waals surface area (Å²) in [6.07, 6.45) is 2.34. The molecule has 3 rings (SSSR count). The van der Waals surface area contributed by atoms with Gasteiger partial charge >= 0.3 is 6.09 Å². The molecule has 8 heteroatoms. The topological polar surface area (TPSA) is 98.7 Å². The van der Waals surface area contributed by atoms with E-state index in [4.69, 9.17) is 11.6 Å². The molecule has 2 heterocycles. The van der Waals surface area contributed by atoms with Crippen molar-refractivity contribution in [2.45, 2.75) is 50.2 Å². The first-order valence-corrected chi connectivity index (χ1v) is 9.16. The number of hydrogen-bond acceptors (Lipinski definition) is 3. The van der Waals surface area contributed by atoms with Crippen molar-refractivity contribution in [3.8, 4) is 0 Å². The van der Waals surface area contributed by atoms with Gasteiger partial charge in [0.25, 0.3) is 5.91 Å². The van der Waals surface area contributed by atoms with E-state index in [1.54, 1.807) is 24.3 Å². The molecule has 0 aliphatic carbocycles. The van der Waals surface area contributed by atoms with Gasteiger partial charge in [0, 0.05) is 41.7 Å². The van der Waals surface area contributed by atoms with E-state index in [9.17, 15) is 19.5 Å². The van der Waals surface area contributed by atoms with Gasteiger partial charge in [-0.05, 0) is 43.9 Å². The summed E-state index contributed by atoms with van der Waals surface area (Å²) in [5.41, 5.74) is 0.454. The first kappa shape index (κ1) is 18.5. The van der Waals surface area contributed by atoms with Gasteiger partial charge in [0.05, 0.1) is 0 Å². The number of hydrogen-bond donors (Lipinski definition) is 3. The molecule has 1 aromatic carbocycles. The lowest BCUT2D eigenvalue weighted by Crippen LogP contribution is -2.52. The molecule has 1 unspecified atom stereocenters. The highest BCUT2D eigenvalue weighted by molar-refractivity contribution is 6.30. The van der Waals surface area contributed by atoms with Gasteiger partial charge in [-0.3, -0.25) is 9.59 Å². The Morgan fingerprint density at radius 2 is 1.88 bits per heavy atom. The Labute approximate surface area is 156 Å². The standard InChI is InChI=1S/C18H22ClN3O4/c19-12-3-1-2-11(8-12)17(24)20-7-6-16(23)21-13-9-14-4-5-15(10-13)22(14)18(25)26/h1-3,8,13-15H,4-7,9-10H2,(H,20,24)(H,21,23)(H,25,26)/t13?,14-,15+. The molecular formula is C18H22ClN3O4. The van der Waals surface area contributed by atoms with Crippen LogP contribution >= 0.6 is 11.6 Å².